The third kappa shape index (κ3) is 5.05. The van der Waals surface area contributed by atoms with E-state index in [1.54, 1.807) is 17.5 Å². The Bertz CT molecular complexity index is 880. The summed E-state index contributed by atoms with van der Waals surface area (Å²) in [5, 5.41) is 15.2. The Morgan fingerprint density at radius 2 is 2.10 bits per heavy atom. The fraction of sp³-hybridized carbons (Fsp3) is 0.412. The van der Waals surface area contributed by atoms with Gasteiger partial charge in [0.15, 0.2) is 6.10 Å². The summed E-state index contributed by atoms with van der Waals surface area (Å²) in [4.78, 5) is 49.0. The van der Waals surface area contributed by atoms with E-state index >= 15 is 0 Å². The van der Waals surface area contributed by atoms with Crippen molar-refractivity contribution in [3.63, 3.8) is 0 Å². The van der Waals surface area contributed by atoms with Gasteiger partial charge in [-0.3, -0.25) is 19.3 Å². The first kappa shape index (κ1) is 24.8. The molecule has 1 fully saturated rings. The molecule has 3 atom stereocenters. The number of thiophene rings is 1. The fourth-order valence-corrected chi connectivity index (χ4v) is 5.19. The maximum Gasteiger partial charge on any atom is 1.00 e. The van der Waals surface area contributed by atoms with Gasteiger partial charge in [0, 0.05) is 23.1 Å². The largest absolute Gasteiger partial charge is 1.00 e. The summed E-state index contributed by atoms with van der Waals surface area (Å²) in [5.41, 5.74) is -1.15. The zero-order chi connectivity index (χ0) is 21.3. The first-order valence-electron chi connectivity index (χ1n) is 8.37. The van der Waals surface area contributed by atoms with Crippen LogP contribution in [0.5, 0.6) is 0 Å². The van der Waals surface area contributed by atoms with Crippen molar-refractivity contribution in [2.75, 3.05) is 5.75 Å². The number of hydrogen-bond acceptors (Lipinski definition) is 8. The smallest absolute Gasteiger partial charge is 0.543 e. The van der Waals surface area contributed by atoms with Gasteiger partial charge in [-0.15, -0.1) is 23.1 Å². The molecule has 2 aliphatic heterocycles. The SMILES string of the molecule is CC(=O)OC(C1=C(C(=O)[O-])N2C(=O)[C@@H](NC(=O)Cc3cccs3)[C@H]2SC1)C(F)F.[Na+]. The number of fused-ring (bicyclic) bond motifs is 1. The number of carbonyl (C=O) groups is 4. The topological polar surface area (TPSA) is 116 Å². The maximum atomic E-state index is 13.4. The van der Waals surface area contributed by atoms with Gasteiger partial charge >= 0.3 is 35.5 Å². The molecule has 30 heavy (non-hydrogen) atoms. The maximum absolute atomic E-state index is 13.4. The monoisotopic (exact) mass is 468 g/mol. The minimum Gasteiger partial charge on any atom is -0.543 e. The Morgan fingerprint density at radius 1 is 1.40 bits per heavy atom. The average molecular weight is 468 g/mol. The van der Waals surface area contributed by atoms with Crippen LogP contribution in [-0.4, -0.2) is 58.4 Å². The van der Waals surface area contributed by atoms with Crippen LogP contribution in [0.25, 0.3) is 0 Å². The molecular weight excluding hydrogens is 453 g/mol. The Labute approximate surface area is 200 Å². The number of rotatable bonds is 7. The molecule has 0 aliphatic carbocycles. The molecule has 8 nitrogen and oxygen atoms in total. The van der Waals surface area contributed by atoms with E-state index in [9.17, 15) is 33.1 Å². The minimum atomic E-state index is -3.18. The van der Waals surface area contributed by atoms with Crippen molar-refractivity contribution >= 4 is 46.9 Å². The minimum absolute atomic E-state index is 0. The first-order valence-corrected chi connectivity index (χ1v) is 10.3. The summed E-state index contributed by atoms with van der Waals surface area (Å²) in [7, 11) is 0. The van der Waals surface area contributed by atoms with Crippen LogP contribution in [-0.2, 0) is 30.3 Å². The molecule has 1 unspecified atom stereocenters. The van der Waals surface area contributed by atoms with Gasteiger partial charge < -0.3 is 20.0 Å². The van der Waals surface area contributed by atoms with Crippen LogP contribution < -0.4 is 40.0 Å². The van der Waals surface area contributed by atoms with Crippen LogP contribution in [0.1, 0.15) is 11.8 Å². The molecule has 0 saturated carbocycles. The molecule has 2 aliphatic rings. The van der Waals surface area contributed by atoms with Crippen LogP contribution >= 0.6 is 23.1 Å². The Kier molecular flexibility index (Phi) is 8.45. The van der Waals surface area contributed by atoms with Crippen molar-refractivity contribution in [3.8, 4) is 0 Å². The molecule has 0 spiro atoms. The summed E-state index contributed by atoms with van der Waals surface area (Å²) in [5.74, 6) is -4.24. The molecule has 156 valence electrons. The number of carbonyl (C=O) groups excluding carboxylic acids is 4. The van der Waals surface area contributed by atoms with Crippen molar-refractivity contribution in [2.24, 2.45) is 0 Å². The number of amides is 2. The zero-order valence-corrected chi connectivity index (χ0v) is 19.6. The van der Waals surface area contributed by atoms with Crippen LogP contribution in [0.15, 0.2) is 28.8 Å². The molecule has 1 N–H and O–H groups in total. The number of halogens is 2. The molecule has 1 saturated heterocycles. The second kappa shape index (κ2) is 10.2. The Balaban J connectivity index is 0.00000320. The van der Waals surface area contributed by atoms with E-state index in [-0.39, 0.29) is 41.7 Å². The summed E-state index contributed by atoms with van der Waals surface area (Å²) < 4.78 is 31.3. The number of hydrogen-bond donors (Lipinski definition) is 1. The Hall–Kier alpha value is -1.47. The van der Waals surface area contributed by atoms with Crippen LogP contribution in [0, 0.1) is 0 Å². The zero-order valence-electron chi connectivity index (χ0n) is 15.9. The van der Waals surface area contributed by atoms with Gasteiger partial charge in [0.05, 0.1) is 18.1 Å². The van der Waals surface area contributed by atoms with Gasteiger partial charge in [-0.1, -0.05) is 6.07 Å². The second-order valence-corrected chi connectivity index (χ2v) is 8.37. The second-order valence-electron chi connectivity index (χ2n) is 6.24. The summed E-state index contributed by atoms with van der Waals surface area (Å²) >= 11 is 2.37. The number of esters is 1. The number of ether oxygens (including phenoxy) is 1. The van der Waals surface area contributed by atoms with Gasteiger partial charge in [0.25, 0.3) is 12.3 Å². The van der Waals surface area contributed by atoms with E-state index in [0.717, 1.165) is 28.5 Å². The predicted octanol–water partition coefficient (Wildman–Crippen LogP) is -3.10. The number of carboxylic acid groups (broad SMARTS) is 1. The normalized spacial score (nSPS) is 21.3. The molecule has 3 heterocycles. The molecule has 3 rings (SSSR count). The summed E-state index contributed by atoms with van der Waals surface area (Å²) in [6.45, 7) is 0.918. The number of carboxylic acids is 1. The van der Waals surface area contributed by atoms with E-state index in [1.807, 2.05) is 0 Å². The Morgan fingerprint density at radius 3 is 2.63 bits per heavy atom. The first-order chi connectivity index (χ1) is 13.7. The number of alkyl halides is 2. The fourth-order valence-electron chi connectivity index (χ4n) is 3.10. The van der Waals surface area contributed by atoms with Crippen molar-refractivity contribution in [3.05, 3.63) is 33.7 Å². The van der Waals surface area contributed by atoms with Crippen LogP contribution in [0.2, 0.25) is 0 Å². The van der Waals surface area contributed by atoms with E-state index in [0.29, 0.717) is 0 Å². The van der Waals surface area contributed by atoms with E-state index in [1.165, 1.54) is 11.3 Å². The summed E-state index contributed by atoms with van der Waals surface area (Å²) in [6.07, 6.45) is -5.22. The molecule has 1 aromatic heterocycles. The molecular formula is C17H15F2N2NaO6S2. The third-order valence-electron chi connectivity index (χ3n) is 4.29. The van der Waals surface area contributed by atoms with Crippen LogP contribution in [0.3, 0.4) is 0 Å². The molecule has 0 radical (unpaired) electrons. The standard InChI is InChI=1S/C17H16F2N2O6S2.Na/c1-7(22)27-13(14(18)19)9-6-29-16-11(15(24)21(16)12(9)17(25)26)20-10(23)5-8-3-2-4-28-8;/h2-4,11,13-14,16H,5-6H2,1H3,(H,20,23)(H,25,26);/q;+1/p-1/t11-,13?,16-;/m1./s1. The average Bonchev–Trinajstić information content (AvgIpc) is 3.15. The number of thioether (sulfide) groups is 1. The van der Waals surface area contributed by atoms with Gasteiger partial charge in [0.1, 0.15) is 11.4 Å². The van der Waals surface area contributed by atoms with E-state index in [4.69, 9.17) is 0 Å². The van der Waals surface area contributed by atoms with Crippen LogP contribution in [0.4, 0.5) is 8.78 Å². The van der Waals surface area contributed by atoms with E-state index in [2.05, 4.69) is 10.1 Å². The number of nitrogens with zero attached hydrogens (tertiary/aromatic N) is 1. The van der Waals surface area contributed by atoms with Crippen molar-refractivity contribution in [1.82, 2.24) is 10.2 Å². The van der Waals surface area contributed by atoms with Gasteiger partial charge in [-0.05, 0) is 11.4 Å². The molecule has 1 aromatic rings. The van der Waals surface area contributed by atoms with E-state index < -0.39 is 59.0 Å². The summed E-state index contributed by atoms with van der Waals surface area (Å²) in [6, 6.07) is 2.56. The quantitative estimate of drug-likeness (QED) is 0.256. The van der Waals surface area contributed by atoms with Gasteiger partial charge in [-0.2, -0.15) is 0 Å². The molecule has 0 aromatic carbocycles. The third-order valence-corrected chi connectivity index (χ3v) is 6.47. The van der Waals surface area contributed by atoms with Gasteiger partial charge in [-0.25, -0.2) is 8.78 Å². The van der Waals surface area contributed by atoms with Crippen molar-refractivity contribution in [2.45, 2.75) is 37.3 Å². The van der Waals surface area contributed by atoms with Crippen molar-refractivity contribution < 1.29 is 67.4 Å². The number of aliphatic carboxylic acids is 1. The number of β-lactam (4-membered cyclic amide) rings is 1. The predicted molar refractivity (Wildman–Crippen MR) is 96.6 cm³/mol. The number of nitrogens with one attached hydrogen (secondary N) is 1. The van der Waals surface area contributed by atoms with Crippen molar-refractivity contribution in [1.29, 1.82) is 0 Å². The molecule has 0 bridgehead atoms. The van der Waals surface area contributed by atoms with Gasteiger partial charge in [0.2, 0.25) is 5.91 Å². The molecule has 2 amide bonds. The molecule has 13 heteroatoms.